The van der Waals surface area contributed by atoms with Gasteiger partial charge in [0.15, 0.2) is 0 Å². The zero-order chi connectivity index (χ0) is 15.3. The summed E-state index contributed by atoms with van der Waals surface area (Å²) in [5, 5.41) is 18.6. The maximum Gasteiger partial charge on any atom is 0.0684 e. The van der Waals surface area contributed by atoms with E-state index in [1.54, 1.807) is 0 Å². The van der Waals surface area contributed by atoms with Crippen molar-refractivity contribution < 1.29 is 5.11 Å². The molecule has 1 aromatic carbocycles. The van der Waals surface area contributed by atoms with Crippen molar-refractivity contribution in [1.82, 2.24) is 4.90 Å². The van der Waals surface area contributed by atoms with Gasteiger partial charge in [-0.3, -0.25) is 4.90 Å². The van der Waals surface area contributed by atoms with Crippen molar-refractivity contribution in [3.63, 3.8) is 0 Å². The third-order valence-corrected chi connectivity index (χ3v) is 4.49. The zero-order valence-corrected chi connectivity index (χ0v) is 13.2. The van der Waals surface area contributed by atoms with Crippen molar-refractivity contribution in [1.29, 1.82) is 5.26 Å². The average Bonchev–Trinajstić information content (AvgIpc) is 2.51. The smallest absolute Gasteiger partial charge is 0.0684 e. The van der Waals surface area contributed by atoms with Crippen molar-refractivity contribution in [3.8, 4) is 6.07 Å². The molecule has 0 spiro atoms. The lowest BCUT2D eigenvalue weighted by atomic mass is 9.85. The number of aryl methyl sites for hydroxylation is 1. The summed E-state index contributed by atoms with van der Waals surface area (Å²) in [5.41, 5.74) is 2.55. The van der Waals surface area contributed by atoms with Gasteiger partial charge in [-0.25, -0.2) is 0 Å². The Bertz CT molecular complexity index is 504. The molecular formula is C18H26N2O. The highest BCUT2D eigenvalue weighted by atomic mass is 16.3. The third kappa shape index (κ3) is 4.06. The van der Waals surface area contributed by atoms with Crippen LogP contribution in [-0.2, 0) is 6.42 Å². The van der Waals surface area contributed by atoms with Crippen LogP contribution in [0.1, 0.15) is 50.3 Å². The molecule has 0 bridgehead atoms. The van der Waals surface area contributed by atoms with E-state index >= 15 is 0 Å². The minimum Gasteiger partial charge on any atom is -0.395 e. The molecule has 1 N–H and O–H groups in total. The van der Waals surface area contributed by atoms with Crippen LogP contribution in [0, 0.1) is 16.7 Å². The van der Waals surface area contributed by atoms with Crippen molar-refractivity contribution >= 4 is 0 Å². The van der Waals surface area contributed by atoms with Crippen LogP contribution in [0.4, 0.5) is 0 Å². The van der Waals surface area contributed by atoms with E-state index in [-0.39, 0.29) is 12.0 Å². The second-order valence-corrected chi connectivity index (χ2v) is 6.61. The fourth-order valence-electron chi connectivity index (χ4n) is 3.14. The molecule has 114 valence electrons. The normalized spacial score (nSPS) is 18.3. The fraction of sp³-hybridized carbons (Fsp3) is 0.611. The van der Waals surface area contributed by atoms with Crippen molar-refractivity contribution in [2.24, 2.45) is 5.41 Å². The van der Waals surface area contributed by atoms with E-state index in [1.807, 2.05) is 13.8 Å². The average molecular weight is 286 g/mol. The number of nitrogens with zero attached hydrogens (tertiary/aromatic N) is 2. The van der Waals surface area contributed by atoms with E-state index in [0.29, 0.717) is 12.6 Å². The maximum atomic E-state index is 9.40. The van der Waals surface area contributed by atoms with Crippen molar-refractivity contribution in [2.75, 3.05) is 19.7 Å². The fourth-order valence-corrected chi connectivity index (χ4v) is 3.14. The number of benzene rings is 1. The Balaban J connectivity index is 2.14. The molecule has 1 aliphatic rings. The number of aliphatic hydroxyl groups excluding tert-OH is 1. The molecule has 1 aromatic rings. The van der Waals surface area contributed by atoms with Gasteiger partial charge in [0.25, 0.3) is 0 Å². The third-order valence-electron chi connectivity index (χ3n) is 4.49. The summed E-state index contributed by atoms with van der Waals surface area (Å²) in [7, 11) is 0. The first-order chi connectivity index (χ1) is 10.1. The standard InChI is InChI=1S/C18H26N2O/c1-18(2,14-19)10-11-20(12-13-21)17-9-5-7-15-6-3-4-8-16(15)17/h3-4,6,8,17,21H,5,7,9-13H2,1-2H3. The first kappa shape index (κ1) is 16.0. The van der Waals surface area contributed by atoms with Crippen molar-refractivity contribution in [3.05, 3.63) is 35.4 Å². The Kier molecular flexibility index (Phi) is 5.39. The van der Waals surface area contributed by atoms with E-state index < -0.39 is 0 Å². The largest absolute Gasteiger partial charge is 0.395 e. The van der Waals surface area contributed by atoms with Crippen LogP contribution in [-0.4, -0.2) is 29.7 Å². The van der Waals surface area contributed by atoms with Gasteiger partial charge in [0, 0.05) is 19.1 Å². The molecular weight excluding hydrogens is 260 g/mol. The Morgan fingerprint density at radius 1 is 1.33 bits per heavy atom. The van der Waals surface area contributed by atoms with E-state index in [0.717, 1.165) is 25.8 Å². The molecule has 1 unspecified atom stereocenters. The number of nitriles is 1. The number of aliphatic hydroxyl groups is 1. The molecule has 0 fully saturated rings. The molecule has 0 aliphatic heterocycles. The highest BCUT2D eigenvalue weighted by Crippen LogP contribution is 2.35. The molecule has 0 aromatic heterocycles. The predicted octanol–water partition coefficient (Wildman–Crippen LogP) is 3.30. The van der Waals surface area contributed by atoms with Crippen LogP contribution in [0.2, 0.25) is 0 Å². The SMILES string of the molecule is CC(C)(C#N)CCN(CCO)C1CCCc2ccccc21. The summed E-state index contributed by atoms with van der Waals surface area (Å²) in [4.78, 5) is 2.36. The minimum atomic E-state index is -0.304. The number of hydrogen-bond acceptors (Lipinski definition) is 3. The lowest BCUT2D eigenvalue weighted by Gasteiger charge is -2.36. The van der Waals surface area contributed by atoms with Gasteiger partial charge < -0.3 is 5.11 Å². The van der Waals surface area contributed by atoms with Gasteiger partial charge in [0.1, 0.15) is 0 Å². The molecule has 0 saturated carbocycles. The molecule has 0 heterocycles. The molecule has 3 nitrogen and oxygen atoms in total. The second kappa shape index (κ2) is 7.06. The monoisotopic (exact) mass is 286 g/mol. The lowest BCUT2D eigenvalue weighted by molar-refractivity contribution is 0.127. The molecule has 0 saturated heterocycles. The van der Waals surface area contributed by atoms with E-state index in [4.69, 9.17) is 0 Å². The number of fused-ring (bicyclic) bond motifs is 1. The quantitative estimate of drug-likeness (QED) is 0.873. The summed E-state index contributed by atoms with van der Waals surface area (Å²) in [6.45, 7) is 5.68. The molecule has 0 amide bonds. The Morgan fingerprint density at radius 3 is 2.81 bits per heavy atom. The summed E-state index contributed by atoms with van der Waals surface area (Å²) < 4.78 is 0. The van der Waals surface area contributed by atoms with E-state index in [9.17, 15) is 10.4 Å². The Hall–Kier alpha value is -1.37. The van der Waals surface area contributed by atoms with E-state index in [2.05, 4.69) is 35.2 Å². The first-order valence-corrected chi connectivity index (χ1v) is 7.91. The van der Waals surface area contributed by atoms with Crippen LogP contribution in [0.25, 0.3) is 0 Å². The molecule has 3 heteroatoms. The van der Waals surface area contributed by atoms with Crippen LogP contribution in [0.3, 0.4) is 0 Å². The van der Waals surface area contributed by atoms with Gasteiger partial charge in [-0.15, -0.1) is 0 Å². The first-order valence-electron chi connectivity index (χ1n) is 7.91. The van der Waals surface area contributed by atoms with Crippen molar-refractivity contribution in [2.45, 2.75) is 45.6 Å². The van der Waals surface area contributed by atoms with Crippen LogP contribution in [0.15, 0.2) is 24.3 Å². The Labute approximate surface area is 128 Å². The van der Waals surface area contributed by atoms with Gasteiger partial charge >= 0.3 is 0 Å². The van der Waals surface area contributed by atoms with Gasteiger partial charge in [0.05, 0.1) is 18.1 Å². The maximum absolute atomic E-state index is 9.40. The summed E-state index contributed by atoms with van der Waals surface area (Å²) in [6, 6.07) is 11.4. The summed E-state index contributed by atoms with van der Waals surface area (Å²) in [6.07, 6.45) is 4.33. The highest BCUT2D eigenvalue weighted by Gasteiger charge is 2.27. The molecule has 1 aliphatic carbocycles. The van der Waals surface area contributed by atoms with E-state index in [1.165, 1.54) is 17.5 Å². The lowest BCUT2D eigenvalue weighted by Crippen LogP contribution is -2.36. The van der Waals surface area contributed by atoms with Gasteiger partial charge in [-0.1, -0.05) is 24.3 Å². The number of hydrogen-bond donors (Lipinski definition) is 1. The summed E-state index contributed by atoms with van der Waals surface area (Å²) >= 11 is 0. The number of rotatable bonds is 6. The van der Waals surface area contributed by atoms with Crippen LogP contribution in [0.5, 0.6) is 0 Å². The molecule has 21 heavy (non-hydrogen) atoms. The van der Waals surface area contributed by atoms with Gasteiger partial charge in [0.2, 0.25) is 0 Å². The summed E-state index contributed by atoms with van der Waals surface area (Å²) in [5.74, 6) is 0. The predicted molar refractivity (Wildman–Crippen MR) is 84.8 cm³/mol. The van der Waals surface area contributed by atoms with Gasteiger partial charge in [-0.2, -0.15) is 5.26 Å². The molecule has 1 atom stereocenters. The van der Waals surface area contributed by atoms with Crippen LogP contribution >= 0.6 is 0 Å². The Morgan fingerprint density at radius 2 is 2.10 bits per heavy atom. The topological polar surface area (TPSA) is 47.3 Å². The highest BCUT2D eigenvalue weighted by molar-refractivity contribution is 5.32. The van der Waals surface area contributed by atoms with Crippen LogP contribution < -0.4 is 0 Å². The molecule has 2 rings (SSSR count). The zero-order valence-electron chi connectivity index (χ0n) is 13.2. The van der Waals surface area contributed by atoms with Gasteiger partial charge in [-0.05, 0) is 50.7 Å². The molecule has 0 radical (unpaired) electrons. The minimum absolute atomic E-state index is 0.172. The second-order valence-electron chi connectivity index (χ2n) is 6.61.